The van der Waals surface area contributed by atoms with Gasteiger partial charge in [0.1, 0.15) is 0 Å². The second-order valence-corrected chi connectivity index (χ2v) is 3.58. The first kappa shape index (κ1) is 9.01. The van der Waals surface area contributed by atoms with Crippen LogP contribution in [0.4, 0.5) is 0 Å². The Bertz CT molecular complexity index is 97.7. The van der Waals surface area contributed by atoms with Crippen molar-refractivity contribution in [1.82, 2.24) is 4.90 Å². The Morgan fingerprint density at radius 1 is 1.27 bits per heavy atom. The van der Waals surface area contributed by atoms with E-state index in [1.165, 1.54) is 25.7 Å². The van der Waals surface area contributed by atoms with Crippen molar-refractivity contribution in [3.8, 4) is 0 Å². The molecule has 66 valence electrons. The lowest BCUT2D eigenvalue weighted by molar-refractivity contribution is 0.0490. The zero-order valence-corrected chi connectivity index (χ0v) is 7.68. The first-order valence-corrected chi connectivity index (χ1v) is 4.55. The van der Waals surface area contributed by atoms with Crippen LogP contribution in [-0.2, 0) is 4.74 Å². The van der Waals surface area contributed by atoms with Crippen LogP contribution in [-0.4, -0.2) is 38.3 Å². The molecule has 2 nitrogen and oxygen atoms in total. The van der Waals surface area contributed by atoms with Gasteiger partial charge in [0.2, 0.25) is 0 Å². The fourth-order valence-corrected chi connectivity index (χ4v) is 1.46. The monoisotopic (exact) mass is 157 g/mol. The summed E-state index contributed by atoms with van der Waals surface area (Å²) in [6, 6.07) is 0. The lowest BCUT2D eigenvalue weighted by atomic mass is 10.3. The number of rotatable bonds is 4. The zero-order valence-electron chi connectivity index (χ0n) is 7.68. The average Bonchev–Trinajstić information content (AvgIpc) is 2.39. The number of hydrogen-bond acceptors (Lipinski definition) is 2. The van der Waals surface area contributed by atoms with Gasteiger partial charge in [0.05, 0.1) is 12.7 Å². The van der Waals surface area contributed by atoms with Crippen molar-refractivity contribution < 1.29 is 4.74 Å². The highest BCUT2D eigenvalue weighted by Gasteiger charge is 2.14. The van der Waals surface area contributed by atoms with Crippen LogP contribution in [0.3, 0.4) is 0 Å². The van der Waals surface area contributed by atoms with Crippen molar-refractivity contribution in [1.29, 1.82) is 0 Å². The van der Waals surface area contributed by atoms with Gasteiger partial charge in [0.15, 0.2) is 0 Å². The molecule has 11 heavy (non-hydrogen) atoms. The fraction of sp³-hybridized carbons (Fsp3) is 1.00. The van der Waals surface area contributed by atoms with Gasteiger partial charge in [-0.1, -0.05) is 12.8 Å². The van der Waals surface area contributed by atoms with Crippen LogP contribution in [0.5, 0.6) is 0 Å². The van der Waals surface area contributed by atoms with Crippen molar-refractivity contribution in [2.75, 3.05) is 27.2 Å². The third-order valence-electron chi connectivity index (χ3n) is 2.19. The van der Waals surface area contributed by atoms with Crippen molar-refractivity contribution in [2.24, 2.45) is 0 Å². The maximum absolute atomic E-state index is 5.67. The first-order chi connectivity index (χ1) is 5.29. The van der Waals surface area contributed by atoms with E-state index in [-0.39, 0.29) is 0 Å². The minimum absolute atomic E-state index is 0.579. The van der Waals surface area contributed by atoms with Crippen molar-refractivity contribution >= 4 is 0 Å². The predicted molar refractivity (Wildman–Crippen MR) is 46.8 cm³/mol. The molecule has 1 aliphatic rings. The van der Waals surface area contributed by atoms with Crippen LogP contribution in [0.25, 0.3) is 0 Å². The summed E-state index contributed by atoms with van der Waals surface area (Å²) < 4.78 is 5.67. The minimum Gasteiger partial charge on any atom is -0.377 e. The molecule has 1 saturated carbocycles. The fourth-order valence-electron chi connectivity index (χ4n) is 1.46. The highest BCUT2D eigenvalue weighted by Crippen LogP contribution is 2.20. The quantitative estimate of drug-likeness (QED) is 0.613. The standard InChI is InChI=1S/C9H19NO/c1-10(2)7-8-11-9-5-3-4-6-9/h9H,3-8H2,1-2H3. The van der Waals surface area contributed by atoms with Gasteiger partial charge in [0.25, 0.3) is 0 Å². The molecule has 0 amide bonds. The number of ether oxygens (including phenoxy) is 1. The zero-order chi connectivity index (χ0) is 8.10. The lowest BCUT2D eigenvalue weighted by Crippen LogP contribution is -2.20. The SMILES string of the molecule is CN(C)CCOC1CCCC1. The third-order valence-corrected chi connectivity index (χ3v) is 2.19. The molecule has 0 unspecified atom stereocenters. The maximum Gasteiger partial charge on any atom is 0.0596 e. The highest BCUT2D eigenvalue weighted by molar-refractivity contribution is 4.66. The molecular formula is C9H19NO. The molecule has 0 aromatic heterocycles. The lowest BCUT2D eigenvalue weighted by Gasteiger charge is -2.13. The second-order valence-electron chi connectivity index (χ2n) is 3.58. The predicted octanol–water partition coefficient (Wildman–Crippen LogP) is 1.51. The summed E-state index contributed by atoms with van der Waals surface area (Å²) in [7, 11) is 4.16. The van der Waals surface area contributed by atoms with E-state index in [9.17, 15) is 0 Å². The molecule has 2 heteroatoms. The molecule has 0 bridgehead atoms. The molecule has 0 radical (unpaired) electrons. The summed E-state index contributed by atoms with van der Waals surface area (Å²) >= 11 is 0. The summed E-state index contributed by atoms with van der Waals surface area (Å²) in [5.74, 6) is 0. The Hall–Kier alpha value is -0.0800. The van der Waals surface area contributed by atoms with Gasteiger partial charge in [-0.25, -0.2) is 0 Å². The van der Waals surface area contributed by atoms with Crippen molar-refractivity contribution in [3.05, 3.63) is 0 Å². The van der Waals surface area contributed by atoms with Gasteiger partial charge >= 0.3 is 0 Å². The normalized spacial score (nSPS) is 19.9. The molecule has 1 rings (SSSR count). The Kier molecular flexibility index (Phi) is 3.87. The van der Waals surface area contributed by atoms with Crippen LogP contribution in [0.15, 0.2) is 0 Å². The summed E-state index contributed by atoms with van der Waals surface area (Å²) in [5.41, 5.74) is 0. The summed E-state index contributed by atoms with van der Waals surface area (Å²) in [6.45, 7) is 1.95. The Balaban J connectivity index is 1.94. The van der Waals surface area contributed by atoms with Crippen LogP contribution in [0, 0.1) is 0 Å². The topological polar surface area (TPSA) is 12.5 Å². The number of likely N-dealkylation sites (N-methyl/N-ethyl adjacent to an activating group) is 1. The molecule has 0 aromatic carbocycles. The van der Waals surface area contributed by atoms with Crippen LogP contribution in [0.1, 0.15) is 25.7 Å². The Morgan fingerprint density at radius 2 is 1.91 bits per heavy atom. The molecule has 0 saturated heterocycles. The van der Waals surface area contributed by atoms with E-state index >= 15 is 0 Å². The largest absolute Gasteiger partial charge is 0.377 e. The van der Waals surface area contributed by atoms with Gasteiger partial charge in [-0.15, -0.1) is 0 Å². The summed E-state index contributed by atoms with van der Waals surface area (Å²) in [5, 5.41) is 0. The van der Waals surface area contributed by atoms with Crippen LogP contribution < -0.4 is 0 Å². The van der Waals surface area contributed by atoms with E-state index in [1.54, 1.807) is 0 Å². The van der Waals surface area contributed by atoms with E-state index in [0.717, 1.165) is 13.2 Å². The molecule has 1 fully saturated rings. The molecule has 0 N–H and O–H groups in total. The smallest absolute Gasteiger partial charge is 0.0596 e. The Labute approximate surface area is 69.5 Å². The number of hydrogen-bond donors (Lipinski definition) is 0. The second kappa shape index (κ2) is 4.73. The molecule has 0 aliphatic heterocycles. The van der Waals surface area contributed by atoms with Gasteiger partial charge in [-0.3, -0.25) is 0 Å². The third kappa shape index (κ3) is 3.73. The molecule has 0 atom stereocenters. The van der Waals surface area contributed by atoms with Crippen LogP contribution in [0.2, 0.25) is 0 Å². The molecule has 1 aliphatic carbocycles. The first-order valence-electron chi connectivity index (χ1n) is 4.55. The van der Waals surface area contributed by atoms with Crippen molar-refractivity contribution in [2.45, 2.75) is 31.8 Å². The summed E-state index contributed by atoms with van der Waals surface area (Å²) in [6.07, 6.45) is 5.88. The van der Waals surface area contributed by atoms with Crippen molar-refractivity contribution in [3.63, 3.8) is 0 Å². The molecule has 0 spiro atoms. The molecule has 0 heterocycles. The van der Waals surface area contributed by atoms with E-state index in [4.69, 9.17) is 4.74 Å². The van der Waals surface area contributed by atoms with E-state index in [0.29, 0.717) is 6.10 Å². The molecular weight excluding hydrogens is 138 g/mol. The number of nitrogens with zero attached hydrogens (tertiary/aromatic N) is 1. The van der Waals surface area contributed by atoms with Gasteiger partial charge < -0.3 is 9.64 Å². The van der Waals surface area contributed by atoms with Gasteiger partial charge in [-0.05, 0) is 26.9 Å². The Morgan fingerprint density at radius 3 is 2.45 bits per heavy atom. The van der Waals surface area contributed by atoms with E-state index in [2.05, 4.69) is 19.0 Å². The minimum atomic E-state index is 0.579. The van der Waals surface area contributed by atoms with E-state index in [1.807, 2.05) is 0 Å². The molecule has 0 aromatic rings. The average molecular weight is 157 g/mol. The van der Waals surface area contributed by atoms with E-state index < -0.39 is 0 Å². The van der Waals surface area contributed by atoms with Gasteiger partial charge in [0, 0.05) is 6.54 Å². The summed E-state index contributed by atoms with van der Waals surface area (Å²) in [4.78, 5) is 2.16. The van der Waals surface area contributed by atoms with Crippen LogP contribution >= 0.6 is 0 Å². The van der Waals surface area contributed by atoms with Gasteiger partial charge in [-0.2, -0.15) is 0 Å². The highest BCUT2D eigenvalue weighted by atomic mass is 16.5. The maximum atomic E-state index is 5.67.